The standard InChI is InChI=1S/C18H15F3N2O4/c19-18(20,21)27-15-5-3-11(4-6-15)13-7-14(9-26-10-24)22-16(8-13)23-17(25)12-1-2-12/h3-8,10,12H,1-2,9H2,(H,22,23,25). The van der Waals surface area contributed by atoms with Crippen molar-refractivity contribution in [3.63, 3.8) is 0 Å². The Kier molecular flexibility index (Phi) is 5.29. The molecular formula is C18H15F3N2O4. The Hall–Kier alpha value is -3.10. The molecule has 0 bridgehead atoms. The Bertz CT molecular complexity index is 833. The maximum atomic E-state index is 12.3. The molecule has 0 aliphatic heterocycles. The second-order valence-electron chi connectivity index (χ2n) is 5.98. The Morgan fingerprint density at radius 2 is 1.89 bits per heavy atom. The van der Waals surface area contributed by atoms with E-state index in [9.17, 15) is 22.8 Å². The number of anilines is 1. The highest BCUT2D eigenvalue weighted by Crippen LogP contribution is 2.31. The van der Waals surface area contributed by atoms with Gasteiger partial charge in [0.1, 0.15) is 18.2 Å². The van der Waals surface area contributed by atoms with Crippen molar-refractivity contribution in [1.29, 1.82) is 0 Å². The van der Waals surface area contributed by atoms with Gasteiger partial charge in [0.15, 0.2) is 0 Å². The lowest BCUT2D eigenvalue weighted by Crippen LogP contribution is -2.17. The number of alkyl halides is 3. The first-order chi connectivity index (χ1) is 12.8. The third-order valence-corrected chi connectivity index (χ3v) is 3.80. The maximum absolute atomic E-state index is 12.3. The van der Waals surface area contributed by atoms with Gasteiger partial charge in [0.25, 0.3) is 6.47 Å². The lowest BCUT2D eigenvalue weighted by atomic mass is 10.1. The van der Waals surface area contributed by atoms with Gasteiger partial charge in [-0.05, 0) is 48.2 Å². The summed E-state index contributed by atoms with van der Waals surface area (Å²) in [4.78, 5) is 26.6. The quantitative estimate of drug-likeness (QED) is 0.742. The molecule has 1 amide bonds. The smallest absolute Gasteiger partial charge is 0.461 e. The summed E-state index contributed by atoms with van der Waals surface area (Å²) in [6, 6.07) is 8.50. The van der Waals surface area contributed by atoms with Crippen molar-refractivity contribution < 1.29 is 32.2 Å². The van der Waals surface area contributed by atoms with Gasteiger partial charge in [0.05, 0.1) is 5.69 Å². The number of amides is 1. The first-order valence-corrected chi connectivity index (χ1v) is 8.07. The molecule has 3 rings (SSSR count). The summed E-state index contributed by atoms with van der Waals surface area (Å²) < 4.78 is 45.4. The van der Waals surface area contributed by atoms with Crippen LogP contribution in [0.2, 0.25) is 0 Å². The van der Waals surface area contributed by atoms with Crippen LogP contribution < -0.4 is 10.1 Å². The second-order valence-corrected chi connectivity index (χ2v) is 5.98. The zero-order chi connectivity index (χ0) is 19.4. The Labute approximate surface area is 152 Å². The van der Waals surface area contributed by atoms with Crippen molar-refractivity contribution in [1.82, 2.24) is 4.98 Å². The number of rotatable bonds is 7. The van der Waals surface area contributed by atoms with Gasteiger partial charge >= 0.3 is 6.36 Å². The summed E-state index contributed by atoms with van der Waals surface area (Å²) in [5, 5.41) is 2.71. The van der Waals surface area contributed by atoms with Crippen LogP contribution in [0.25, 0.3) is 11.1 Å². The average Bonchev–Trinajstić information content (AvgIpc) is 3.44. The molecule has 1 heterocycles. The molecule has 6 nitrogen and oxygen atoms in total. The molecule has 1 N–H and O–H groups in total. The van der Waals surface area contributed by atoms with E-state index in [0.29, 0.717) is 16.8 Å². The topological polar surface area (TPSA) is 77.5 Å². The van der Waals surface area contributed by atoms with E-state index in [4.69, 9.17) is 4.74 Å². The Morgan fingerprint density at radius 1 is 1.19 bits per heavy atom. The summed E-state index contributed by atoms with van der Waals surface area (Å²) in [6.07, 6.45) is -3.11. The molecule has 0 spiro atoms. The molecule has 1 aromatic carbocycles. The van der Waals surface area contributed by atoms with Crippen molar-refractivity contribution in [3.05, 3.63) is 42.1 Å². The minimum Gasteiger partial charge on any atom is -0.461 e. The molecule has 9 heteroatoms. The second kappa shape index (κ2) is 7.65. The Balaban J connectivity index is 1.85. The fourth-order valence-corrected chi connectivity index (χ4v) is 2.43. The monoisotopic (exact) mass is 380 g/mol. The van der Waals surface area contributed by atoms with Crippen LogP contribution in [-0.2, 0) is 20.9 Å². The number of hydrogen-bond acceptors (Lipinski definition) is 5. The number of ether oxygens (including phenoxy) is 2. The van der Waals surface area contributed by atoms with Gasteiger partial charge in [-0.1, -0.05) is 12.1 Å². The van der Waals surface area contributed by atoms with E-state index in [0.717, 1.165) is 12.8 Å². The number of carbonyl (C=O) groups is 2. The molecule has 0 atom stereocenters. The van der Waals surface area contributed by atoms with Gasteiger partial charge in [0.2, 0.25) is 5.91 Å². The molecule has 0 radical (unpaired) electrons. The highest BCUT2D eigenvalue weighted by Gasteiger charge is 2.31. The van der Waals surface area contributed by atoms with Crippen molar-refractivity contribution in [2.45, 2.75) is 25.8 Å². The lowest BCUT2D eigenvalue weighted by Gasteiger charge is -2.11. The van der Waals surface area contributed by atoms with E-state index in [2.05, 4.69) is 15.0 Å². The number of nitrogens with one attached hydrogen (secondary N) is 1. The third-order valence-electron chi connectivity index (χ3n) is 3.80. The molecule has 0 unspecified atom stereocenters. The number of hydrogen-bond donors (Lipinski definition) is 1. The van der Waals surface area contributed by atoms with Gasteiger partial charge in [-0.15, -0.1) is 13.2 Å². The zero-order valence-electron chi connectivity index (χ0n) is 14.0. The van der Waals surface area contributed by atoms with Crippen LogP contribution in [0.15, 0.2) is 36.4 Å². The van der Waals surface area contributed by atoms with Crippen LogP contribution in [0.3, 0.4) is 0 Å². The van der Waals surface area contributed by atoms with Gasteiger partial charge in [0, 0.05) is 5.92 Å². The zero-order valence-corrected chi connectivity index (χ0v) is 14.0. The molecule has 0 saturated heterocycles. The number of halogens is 3. The highest BCUT2D eigenvalue weighted by molar-refractivity contribution is 5.93. The number of benzene rings is 1. The summed E-state index contributed by atoms with van der Waals surface area (Å²) in [6.45, 7) is 0.180. The third kappa shape index (κ3) is 5.44. The molecule has 142 valence electrons. The van der Waals surface area contributed by atoms with Gasteiger partial charge in [-0.25, -0.2) is 4.98 Å². The first-order valence-electron chi connectivity index (χ1n) is 8.07. The highest BCUT2D eigenvalue weighted by atomic mass is 19.4. The molecule has 1 aliphatic rings. The van der Waals surface area contributed by atoms with Crippen LogP contribution in [0, 0.1) is 5.92 Å². The fourth-order valence-electron chi connectivity index (χ4n) is 2.43. The number of nitrogens with zero attached hydrogens (tertiary/aromatic N) is 1. The van der Waals surface area contributed by atoms with Crippen LogP contribution in [0.4, 0.5) is 19.0 Å². The van der Waals surface area contributed by atoms with E-state index in [1.807, 2.05) is 0 Å². The SMILES string of the molecule is O=COCc1cc(-c2ccc(OC(F)(F)F)cc2)cc(NC(=O)C2CC2)n1. The van der Waals surface area contributed by atoms with E-state index in [1.165, 1.54) is 24.3 Å². The number of aromatic nitrogens is 1. The molecule has 1 fully saturated rings. The molecule has 1 saturated carbocycles. The maximum Gasteiger partial charge on any atom is 0.573 e. The van der Waals surface area contributed by atoms with Crippen molar-refractivity contribution in [2.24, 2.45) is 5.92 Å². The summed E-state index contributed by atoms with van der Waals surface area (Å²) in [7, 11) is 0. The van der Waals surface area contributed by atoms with E-state index in [-0.39, 0.29) is 36.5 Å². The van der Waals surface area contributed by atoms with Crippen LogP contribution >= 0.6 is 0 Å². The predicted octanol–water partition coefficient (Wildman–Crippen LogP) is 3.67. The van der Waals surface area contributed by atoms with Gasteiger partial charge < -0.3 is 14.8 Å². The summed E-state index contributed by atoms with van der Waals surface area (Å²) in [5.74, 6) is -0.226. The molecule has 2 aromatic rings. The van der Waals surface area contributed by atoms with Crippen LogP contribution in [0.1, 0.15) is 18.5 Å². The van der Waals surface area contributed by atoms with E-state index in [1.54, 1.807) is 12.1 Å². The van der Waals surface area contributed by atoms with Crippen LogP contribution in [0.5, 0.6) is 5.75 Å². The van der Waals surface area contributed by atoms with Gasteiger partial charge in [-0.2, -0.15) is 0 Å². The van der Waals surface area contributed by atoms with Gasteiger partial charge in [-0.3, -0.25) is 9.59 Å². The van der Waals surface area contributed by atoms with E-state index >= 15 is 0 Å². The minimum atomic E-state index is -4.77. The van der Waals surface area contributed by atoms with Crippen molar-refractivity contribution >= 4 is 18.2 Å². The van der Waals surface area contributed by atoms with E-state index < -0.39 is 6.36 Å². The summed E-state index contributed by atoms with van der Waals surface area (Å²) >= 11 is 0. The molecule has 1 aliphatic carbocycles. The number of carbonyl (C=O) groups excluding carboxylic acids is 2. The molecule has 27 heavy (non-hydrogen) atoms. The predicted molar refractivity (Wildman–Crippen MR) is 88.6 cm³/mol. The lowest BCUT2D eigenvalue weighted by molar-refractivity contribution is -0.274. The molecular weight excluding hydrogens is 365 g/mol. The molecule has 1 aromatic heterocycles. The average molecular weight is 380 g/mol. The largest absolute Gasteiger partial charge is 0.573 e. The van der Waals surface area contributed by atoms with Crippen molar-refractivity contribution in [2.75, 3.05) is 5.32 Å². The normalized spacial score (nSPS) is 13.7. The first kappa shape index (κ1) is 18.7. The van der Waals surface area contributed by atoms with Crippen LogP contribution in [-0.4, -0.2) is 23.7 Å². The number of pyridine rings is 1. The Morgan fingerprint density at radius 3 is 2.48 bits per heavy atom. The fraction of sp³-hybridized carbons (Fsp3) is 0.278. The van der Waals surface area contributed by atoms with Crippen molar-refractivity contribution in [3.8, 4) is 16.9 Å². The summed E-state index contributed by atoms with van der Waals surface area (Å²) in [5.41, 5.74) is 1.57. The minimum absolute atomic E-state index is 0.0241.